The van der Waals surface area contributed by atoms with Gasteiger partial charge in [-0.25, -0.2) is 9.38 Å². The van der Waals surface area contributed by atoms with Gasteiger partial charge in [-0.05, 0) is 24.3 Å². The van der Waals surface area contributed by atoms with Crippen LogP contribution in [0.25, 0.3) is 0 Å². The van der Waals surface area contributed by atoms with E-state index < -0.39 is 11.9 Å². The number of halogens is 1. The minimum Gasteiger partial charge on any atom is -0.497 e. The molecule has 2 N–H and O–H groups in total. The number of methoxy groups -OCH3 is 2. The zero-order valence-electron chi connectivity index (χ0n) is 18.5. The Morgan fingerprint density at radius 1 is 1.09 bits per heavy atom. The molecule has 9 nitrogen and oxygen atoms in total. The number of para-hydroxylation sites is 1. The van der Waals surface area contributed by atoms with E-state index in [0.29, 0.717) is 55.0 Å². The third-order valence-corrected chi connectivity index (χ3v) is 5.65. The first-order valence-corrected chi connectivity index (χ1v) is 10.6. The third-order valence-electron chi connectivity index (χ3n) is 5.65. The van der Waals surface area contributed by atoms with E-state index in [1.807, 2.05) is 9.80 Å². The van der Waals surface area contributed by atoms with Crippen molar-refractivity contribution in [3.05, 3.63) is 48.3 Å². The SMILES string of the molecule is COc1ccc(OC)c(NC(=O)C2CC(=O)NC(N3CCN(c4ccccc4F)CC3)=N2)c1. The monoisotopic (exact) mass is 455 g/mol. The first-order chi connectivity index (χ1) is 16.0. The van der Waals surface area contributed by atoms with Gasteiger partial charge < -0.3 is 24.6 Å². The summed E-state index contributed by atoms with van der Waals surface area (Å²) in [5.74, 6) is 0.423. The Labute approximate surface area is 191 Å². The Hall–Kier alpha value is -3.82. The van der Waals surface area contributed by atoms with E-state index in [1.54, 1.807) is 36.4 Å². The first kappa shape index (κ1) is 22.4. The number of benzene rings is 2. The zero-order chi connectivity index (χ0) is 23.4. The van der Waals surface area contributed by atoms with Gasteiger partial charge in [-0.1, -0.05) is 12.1 Å². The lowest BCUT2D eigenvalue weighted by Crippen LogP contribution is -2.56. The summed E-state index contributed by atoms with van der Waals surface area (Å²) in [5.41, 5.74) is 0.986. The van der Waals surface area contributed by atoms with Crippen LogP contribution in [0.2, 0.25) is 0 Å². The van der Waals surface area contributed by atoms with Crippen LogP contribution in [0.15, 0.2) is 47.5 Å². The molecule has 0 radical (unpaired) electrons. The maximum atomic E-state index is 14.1. The van der Waals surface area contributed by atoms with Crippen molar-refractivity contribution in [2.45, 2.75) is 12.5 Å². The van der Waals surface area contributed by atoms with E-state index in [4.69, 9.17) is 9.47 Å². The topological polar surface area (TPSA) is 95.5 Å². The maximum absolute atomic E-state index is 14.1. The van der Waals surface area contributed by atoms with Gasteiger partial charge in [0, 0.05) is 32.2 Å². The minimum absolute atomic E-state index is 0.0587. The molecule has 2 amide bonds. The Kier molecular flexibility index (Phi) is 6.62. The van der Waals surface area contributed by atoms with Gasteiger partial charge in [-0.2, -0.15) is 0 Å². The number of nitrogens with one attached hydrogen (secondary N) is 2. The number of guanidine groups is 1. The average Bonchev–Trinajstić information content (AvgIpc) is 2.84. The molecule has 1 unspecified atom stereocenters. The molecule has 1 atom stereocenters. The van der Waals surface area contributed by atoms with Gasteiger partial charge in [0.25, 0.3) is 0 Å². The lowest BCUT2D eigenvalue weighted by molar-refractivity contribution is -0.125. The number of carbonyl (C=O) groups is 2. The second-order valence-corrected chi connectivity index (χ2v) is 7.70. The number of nitrogens with zero attached hydrogens (tertiary/aromatic N) is 3. The molecule has 4 rings (SSSR count). The molecule has 2 heterocycles. The minimum atomic E-state index is -0.880. The van der Waals surface area contributed by atoms with Crippen molar-refractivity contribution < 1.29 is 23.5 Å². The fourth-order valence-corrected chi connectivity index (χ4v) is 3.88. The van der Waals surface area contributed by atoms with E-state index in [9.17, 15) is 14.0 Å². The van der Waals surface area contributed by atoms with E-state index in [0.717, 1.165) is 0 Å². The Morgan fingerprint density at radius 2 is 1.82 bits per heavy atom. The normalized spacial score (nSPS) is 18.3. The molecule has 0 spiro atoms. The van der Waals surface area contributed by atoms with Crippen molar-refractivity contribution in [3.63, 3.8) is 0 Å². The number of anilines is 2. The van der Waals surface area contributed by atoms with Crippen molar-refractivity contribution in [2.24, 2.45) is 4.99 Å². The summed E-state index contributed by atoms with van der Waals surface area (Å²) in [6, 6.07) is 10.8. The first-order valence-electron chi connectivity index (χ1n) is 10.6. The molecule has 1 saturated heterocycles. The smallest absolute Gasteiger partial charge is 0.249 e. The highest BCUT2D eigenvalue weighted by atomic mass is 19.1. The lowest BCUT2D eigenvalue weighted by Gasteiger charge is -2.38. The second kappa shape index (κ2) is 9.76. The van der Waals surface area contributed by atoms with Crippen LogP contribution in [-0.2, 0) is 9.59 Å². The van der Waals surface area contributed by atoms with Crippen LogP contribution in [-0.4, -0.2) is 69.1 Å². The highest BCUT2D eigenvalue weighted by molar-refractivity contribution is 6.06. The molecule has 174 valence electrons. The van der Waals surface area contributed by atoms with Crippen molar-refractivity contribution >= 4 is 29.1 Å². The molecule has 0 bridgehead atoms. The van der Waals surface area contributed by atoms with Crippen molar-refractivity contribution in [2.75, 3.05) is 50.6 Å². The number of hydrogen-bond acceptors (Lipinski definition) is 7. The van der Waals surface area contributed by atoms with Crippen molar-refractivity contribution in [3.8, 4) is 11.5 Å². The summed E-state index contributed by atoms with van der Waals surface area (Å²) in [5, 5.41) is 5.55. The van der Waals surface area contributed by atoms with Crippen LogP contribution in [0, 0.1) is 5.82 Å². The second-order valence-electron chi connectivity index (χ2n) is 7.70. The summed E-state index contributed by atoms with van der Waals surface area (Å²) < 4.78 is 24.6. The summed E-state index contributed by atoms with van der Waals surface area (Å²) in [6.45, 7) is 2.19. The Bertz CT molecular complexity index is 1070. The molecule has 33 heavy (non-hydrogen) atoms. The van der Waals surface area contributed by atoms with Crippen LogP contribution in [0.4, 0.5) is 15.8 Å². The van der Waals surface area contributed by atoms with Gasteiger partial charge in [0.05, 0.1) is 32.0 Å². The van der Waals surface area contributed by atoms with Crippen molar-refractivity contribution in [1.82, 2.24) is 10.2 Å². The molecule has 1 fully saturated rings. The van der Waals surface area contributed by atoms with Gasteiger partial charge in [0.2, 0.25) is 17.8 Å². The molecule has 0 saturated carbocycles. The Morgan fingerprint density at radius 3 is 2.52 bits per heavy atom. The number of hydrogen-bond donors (Lipinski definition) is 2. The van der Waals surface area contributed by atoms with Crippen LogP contribution in [0.3, 0.4) is 0 Å². The largest absolute Gasteiger partial charge is 0.497 e. The summed E-state index contributed by atoms with van der Waals surface area (Å²) in [7, 11) is 3.03. The number of amides is 2. The van der Waals surface area contributed by atoms with E-state index >= 15 is 0 Å². The summed E-state index contributed by atoms with van der Waals surface area (Å²) >= 11 is 0. The molecule has 2 aromatic rings. The van der Waals surface area contributed by atoms with Gasteiger partial charge in [0.1, 0.15) is 23.4 Å². The van der Waals surface area contributed by atoms with Crippen molar-refractivity contribution in [1.29, 1.82) is 0 Å². The lowest BCUT2D eigenvalue weighted by atomic mass is 10.1. The van der Waals surface area contributed by atoms with Crippen LogP contribution in [0.5, 0.6) is 11.5 Å². The molecule has 0 aromatic heterocycles. The predicted molar refractivity (Wildman–Crippen MR) is 122 cm³/mol. The fraction of sp³-hybridized carbons (Fsp3) is 0.348. The molecule has 10 heteroatoms. The maximum Gasteiger partial charge on any atom is 0.249 e. The van der Waals surface area contributed by atoms with E-state index in [1.165, 1.54) is 20.3 Å². The third kappa shape index (κ3) is 5.00. The van der Waals surface area contributed by atoms with Crippen LogP contribution < -0.4 is 25.0 Å². The van der Waals surface area contributed by atoms with Gasteiger partial charge in [-0.3, -0.25) is 14.9 Å². The summed E-state index contributed by atoms with van der Waals surface area (Å²) in [4.78, 5) is 33.6. The highest BCUT2D eigenvalue weighted by Crippen LogP contribution is 2.29. The standard InChI is InChI=1S/C23H26FN5O4/c1-32-15-7-8-20(33-2)17(13-15)25-22(31)18-14-21(30)27-23(26-18)29-11-9-28(10-12-29)19-6-4-3-5-16(19)24/h3-8,13,18H,9-12,14H2,1-2H3,(H,25,31)(H,26,27,30). The van der Waals surface area contributed by atoms with Crippen LogP contribution in [0.1, 0.15) is 6.42 Å². The molecule has 2 aliphatic heterocycles. The fourth-order valence-electron chi connectivity index (χ4n) is 3.88. The zero-order valence-corrected chi connectivity index (χ0v) is 18.5. The van der Waals surface area contributed by atoms with E-state index in [2.05, 4.69) is 15.6 Å². The quantitative estimate of drug-likeness (QED) is 0.715. The number of ether oxygens (including phenoxy) is 2. The van der Waals surface area contributed by atoms with Gasteiger partial charge >= 0.3 is 0 Å². The molecule has 0 aliphatic carbocycles. The molecule has 2 aliphatic rings. The molecular weight excluding hydrogens is 429 g/mol. The predicted octanol–water partition coefficient (Wildman–Crippen LogP) is 1.85. The van der Waals surface area contributed by atoms with Crippen LogP contribution >= 0.6 is 0 Å². The van der Waals surface area contributed by atoms with Gasteiger partial charge in [0.15, 0.2) is 0 Å². The number of piperazine rings is 1. The highest BCUT2D eigenvalue weighted by Gasteiger charge is 2.31. The number of rotatable bonds is 5. The molecular formula is C23H26FN5O4. The Balaban J connectivity index is 1.45. The average molecular weight is 455 g/mol. The molecule has 2 aromatic carbocycles. The number of aliphatic imine (C=N–C) groups is 1. The summed E-state index contributed by atoms with van der Waals surface area (Å²) in [6.07, 6.45) is -0.0587. The van der Waals surface area contributed by atoms with Gasteiger partial charge in [-0.15, -0.1) is 0 Å². The van der Waals surface area contributed by atoms with E-state index in [-0.39, 0.29) is 18.1 Å². The number of carbonyl (C=O) groups excluding carboxylic acids is 2.